The van der Waals surface area contributed by atoms with Crippen LogP contribution in [0.1, 0.15) is 17.3 Å². The molecule has 1 N–H and O–H groups in total. The van der Waals surface area contributed by atoms with Crippen LogP contribution in [0, 0.1) is 10.1 Å². The molecule has 26 heavy (non-hydrogen) atoms. The van der Waals surface area contributed by atoms with Crippen LogP contribution in [0.15, 0.2) is 36.4 Å². The highest BCUT2D eigenvalue weighted by Crippen LogP contribution is 2.35. The van der Waals surface area contributed by atoms with Crippen LogP contribution < -0.4 is 14.8 Å². The highest BCUT2D eigenvalue weighted by atomic mass is 32.1. The molecule has 0 unspecified atom stereocenters. The van der Waals surface area contributed by atoms with Gasteiger partial charge in [-0.3, -0.25) is 20.2 Å². The third kappa shape index (κ3) is 3.42. The molecule has 0 saturated carbocycles. The van der Waals surface area contributed by atoms with Gasteiger partial charge >= 0.3 is 0 Å². The van der Waals surface area contributed by atoms with Crippen molar-refractivity contribution in [3.63, 3.8) is 0 Å². The predicted octanol–water partition coefficient (Wildman–Crippen LogP) is 3.86. The van der Waals surface area contributed by atoms with Crippen molar-refractivity contribution in [3.8, 4) is 11.5 Å². The summed E-state index contributed by atoms with van der Waals surface area (Å²) < 4.78 is 11.4. The average Bonchev–Trinajstić information content (AvgIpc) is 3.03. The number of amides is 1. The fraction of sp³-hybridized carbons (Fsp3) is 0.176. The fourth-order valence-electron chi connectivity index (χ4n) is 2.40. The van der Waals surface area contributed by atoms with Crippen LogP contribution >= 0.6 is 11.3 Å². The van der Waals surface area contributed by atoms with Gasteiger partial charge in [-0.1, -0.05) is 23.5 Å². The van der Waals surface area contributed by atoms with Crippen molar-refractivity contribution in [1.82, 2.24) is 4.98 Å². The van der Waals surface area contributed by atoms with Crippen molar-refractivity contribution in [2.75, 3.05) is 19.0 Å². The van der Waals surface area contributed by atoms with E-state index in [0.717, 1.165) is 10.2 Å². The lowest BCUT2D eigenvalue weighted by molar-refractivity contribution is -0.385. The molecular weight excluding hydrogens is 358 g/mol. The third-order valence-electron chi connectivity index (χ3n) is 3.54. The third-order valence-corrected chi connectivity index (χ3v) is 4.49. The van der Waals surface area contributed by atoms with Crippen LogP contribution in [-0.4, -0.2) is 29.5 Å². The number of rotatable bonds is 6. The van der Waals surface area contributed by atoms with Crippen molar-refractivity contribution in [3.05, 3.63) is 52.1 Å². The largest absolute Gasteiger partial charge is 0.493 e. The van der Waals surface area contributed by atoms with Crippen molar-refractivity contribution in [1.29, 1.82) is 0 Å². The first-order valence-electron chi connectivity index (χ1n) is 7.69. The lowest BCUT2D eigenvalue weighted by atomic mass is 10.1. The molecule has 0 spiro atoms. The molecule has 1 heterocycles. The zero-order chi connectivity index (χ0) is 18.7. The van der Waals surface area contributed by atoms with Crippen molar-refractivity contribution in [2.24, 2.45) is 0 Å². The van der Waals surface area contributed by atoms with E-state index in [1.54, 1.807) is 6.92 Å². The first kappa shape index (κ1) is 17.6. The zero-order valence-corrected chi connectivity index (χ0v) is 14.8. The highest BCUT2D eigenvalue weighted by molar-refractivity contribution is 7.22. The number of aromatic nitrogens is 1. The van der Waals surface area contributed by atoms with E-state index in [1.165, 1.54) is 30.6 Å². The van der Waals surface area contributed by atoms with Crippen LogP contribution in [-0.2, 0) is 0 Å². The zero-order valence-electron chi connectivity index (χ0n) is 14.0. The predicted molar refractivity (Wildman–Crippen MR) is 98.4 cm³/mol. The summed E-state index contributed by atoms with van der Waals surface area (Å²) in [7, 11) is 1.40. The number of carbonyl (C=O) groups excluding carboxylic acids is 1. The Bertz CT molecular complexity index is 953. The number of benzene rings is 2. The van der Waals surface area contributed by atoms with Crippen molar-refractivity contribution >= 4 is 38.3 Å². The number of fused-ring (bicyclic) bond motifs is 1. The number of anilines is 1. The fourth-order valence-corrected chi connectivity index (χ4v) is 3.26. The molecule has 0 aliphatic carbocycles. The summed E-state index contributed by atoms with van der Waals surface area (Å²) in [5, 5.41) is 14.4. The topological polar surface area (TPSA) is 104 Å². The van der Waals surface area contributed by atoms with Crippen LogP contribution in [0.3, 0.4) is 0 Å². The number of ether oxygens (including phenoxy) is 2. The highest BCUT2D eigenvalue weighted by Gasteiger charge is 2.25. The van der Waals surface area contributed by atoms with Gasteiger partial charge in [0.05, 0.1) is 34.9 Å². The molecule has 0 atom stereocenters. The second-order valence-electron chi connectivity index (χ2n) is 5.15. The summed E-state index contributed by atoms with van der Waals surface area (Å²) in [6.45, 7) is 2.06. The Morgan fingerprint density at radius 3 is 2.73 bits per heavy atom. The minimum Gasteiger partial charge on any atom is -0.493 e. The molecular formula is C17H15N3O5S. The van der Waals surface area contributed by atoms with E-state index >= 15 is 0 Å². The number of para-hydroxylation sites is 1. The Kier molecular flexibility index (Phi) is 4.99. The summed E-state index contributed by atoms with van der Waals surface area (Å²) in [5.74, 6) is -0.192. The molecule has 0 fully saturated rings. The maximum Gasteiger partial charge on any atom is 0.286 e. The second-order valence-corrected chi connectivity index (χ2v) is 6.18. The van der Waals surface area contributed by atoms with Crippen LogP contribution in [0.5, 0.6) is 11.5 Å². The molecule has 0 radical (unpaired) electrons. The van der Waals surface area contributed by atoms with Gasteiger partial charge in [-0.05, 0) is 19.1 Å². The van der Waals surface area contributed by atoms with Crippen LogP contribution in [0.25, 0.3) is 10.2 Å². The van der Waals surface area contributed by atoms with Gasteiger partial charge in [0.25, 0.3) is 11.6 Å². The van der Waals surface area contributed by atoms with Crippen LogP contribution in [0.4, 0.5) is 10.8 Å². The minimum atomic E-state index is -0.642. The molecule has 3 aromatic rings. The Hall–Kier alpha value is -3.20. The van der Waals surface area contributed by atoms with Gasteiger partial charge in [-0.15, -0.1) is 0 Å². The van der Waals surface area contributed by atoms with E-state index in [9.17, 15) is 14.9 Å². The van der Waals surface area contributed by atoms with Gasteiger partial charge in [0.1, 0.15) is 5.56 Å². The lowest BCUT2D eigenvalue weighted by Crippen LogP contribution is -2.14. The Morgan fingerprint density at radius 1 is 1.31 bits per heavy atom. The molecule has 9 heteroatoms. The second kappa shape index (κ2) is 7.36. The number of thiazole rings is 1. The summed E-state index contributed by atoms with van der Waals surface area (Å²) in [4.78, 5) is 27.7. The first-order valence-corrected chi connectivity index (χ1v) is 8.51. The number of carbonyl (C=O) groups is 1. The van der Waals surface area contributed by atoms with Crippen molar-refractivity contribution < 1.29 is 19.2 Å². The van der Waals surface area contributed by atoms with Gasteiger partial charge in [0.2, 0.25) is 0 Å². The summed E-state index contributed by atoms with van der Waals surface area (Å²) in [5.41, 5.74) is 0.244. The number of nitro benzene ring substituents is 1. The van der Waals surface area contributed by atoms with E-state index in [4.69, 9.17) is 9.47 Å². The standard InChI is InChI=1S/C17H15N3O5S/c1-3-25-14-9-12(20(22)23)10(8-13(14)24-2)16(21)19-17-18-11-6-4-5-7-15(11)26-17/h4-9H,3H2,1-2H3,(H,18,19,21). The molecule has 1 amide bonds. The summed E-state index contributed by atoms with van der Waals surface area (Å²) >= 11 is 1.29. The van der Waals surface area contributed by atoms with Gasteiger partial charge in [-0.2, -0.15) is 0 Å². The number of nitrogens with one attached hydrogen (secondary N) is 1. The molecule has 8 nitrogen and oxygen atoms in total. The average molecular weight is 373 g/mol. The Labute approximate surface area is 152 Å². The molecule has 0 aliphatic rings. The number of methoxy groups -OCH3 is 1. The molecule has 0 saturated heterocycles. The number of nitrogens with zero attached hydrogens (tertiary/aromatic N) is 2. The Morgan fingerprint density at radius 2 is 2.08 bits per heavy atom. The molecule has 1 aromatic heterocycles. The smallest absolute Gasteiger partial charge is 0.286 e. The van der Waals surface area contributed by atoms with Crippen LogP contribution in [0.2, 0.25) is 0 Å². The monoisotopic (exact) mass is 373 g/mol. The van der Waals surface area contributed by atoms with E-state index < -0.39 is 10.8 Å². The molecule has 0 bridgehead atoms. The molecule has 2 aromatic carbocycles. The quantitative estimate of drug-likeness (QED) is 0.520. The molecule has 134 valence electrons. The van der Waals surface area contributed by atoms with Gasteiger partial charge in [0, 0.05) is 6.07 Å². The van der Waals surface area contributed by atoms with E-state index in [2.05, 4.69) is 10.3 Å². The maximum absolute atomic E-state index is 12.6. The number of hydrogen-bond donors (Lipinski definition) is 1. The Balaban J connectivity index is 1.97. The van der Waals surface area contributed by atoms with Gasteiger partial charge < -0.3 is 9.47 Å². The molecule has 3 rings (SSSR count). The summed E-state index contributed by atoms with van der Waals surface area (Å²) in [6.07, 6.45) is 0. The maximum atomic E-state index is 12.6. The van der Waals surface area contributed by atoms with Gasteiger partial charge in [-0.25, -0.2) is 4.98 Å². The van der Waals surface area contributed by atoms with E-state index in [-0.39, 0.29) is 22.7 Å². The van der Waals surface area contributed by atoms with E-state index in [0.29, 0.717) is 11.7 Å². The summed E-state index contributed by atoms with van der Waals surface area (Å²) in [6, 6.07) is 9.90. The minimum absolute atomic E-state index is 0.130. The number of hydrogen-bond acceptors (Lipinski definition) is 7. The lowest BCUT2D eigenvalue weighted by Gasteiger charge is -2.11. The first-order chi connectivity index (χ1) is 12.5. The van der Waals surface area contributed by atoms with Crippen molar-refractivity contribution in [2.45, 2.75) is 6.92 Å². The normalized spacial score (nSPS) is 10.5. The SMILES string of the molecule is CCOc1cc([N+](=O)[O-])c(C(=O)Nc2nc3ccccc3s2)cc1OC. The number of nitro groups is 1. The van der Waals surface area contributed by atoms with E-state index in [1.807, 2.05) is 24.3 Å². The van der Waals surface area contributed by atoms with Gasteiger partial charge in [0.15, 0.2) is 16.6 Å². The molecule has 0 aliphatic heterocycles.